The minimum atomic E-state index is -0.0930. The first-order valence-electron chi connectivity index (χ1n) is 5.34. The van der Waals surface area contributed by atoms with Crippen LogP contribution in [0.25, 0.3) is 11.0 Å². The van der Waals surface area contributed by atoms with Crippen LogP contribution in [-0.4, -0.2) is 9.13 Å². The van der Waals surface area contributed by atoms with E-state index in [0.717, 1.165) is 17.5 Å². The van der Waals surface area contributed by atoms with Gasteiger partial charge in [0.05, 0.1) is 17.1 Å². The van der Waals surface area contributed by atoms with Crippen molar-refractivity contribution in [2.75, 3.05) is 0 Å². The Labute approximate surface area is 93.3 Å². The van der Waals surface area contributed by atoms with Gasteiger partial charge < -0.3 is 0 Å². The topological polar surface area (TPSA) is 50.7 Å². The number of hydrogen-bond acceptors (Lipinski definition) is 2. The first kappa shape index (κ1) is 10.5. The molecule has 0 aliphatic heterocycles. The second-order valence-electron chi connectivity index (χ2n) is 3.67. The summed E-state index contributed by atoms with van der Waals surface area (Å²) in [6.07, 6.45) is 0.903. The molecule has 0 atom stereocenters. The summed E-state index contributed by atoms with van der Waals surface area (Å²) in [6.45, 7) is 2.83. The summed E-state index contributed by atoms with van der Waals surface area (Å²) in [7, 11) is 0. The molecule has 0 amide bonds. The maximum atomic E-state index is 12.0. The Morgan fingerprint density at radius 1 is 1.25 bits per heavy atom. The smallest absolute Gasteiger partial charge is 0.292 e. The van der Waals surface area contributed by atoms with Gasteiger partial charge in [-0.2, -0.15) is 5.26 Å². The number of hydrogen-bond donors (Lipinski definition) is 0. The first-order chi connectivity index (χ1) is 7.79. The third kappa shape index (κ3) is 1.50. The number of benzene rings is 1. The van der Waals surface area contributed by atoms with E-state index in [9.17, 15) is 4.79 Å². The summed E-state index contributed by atoms with van der Waals surface area (Å²) in [5.74, 6) is 0. The van der Waals surface area contributed by atoms with Gasteiger partial charge in [0.15, 0.2) is 0 Å². The summed E-state index contributed by atoms with van der Waals surface area (Å²) in [6, 6.07) is 9.60. The summed E-state index contributed by atoms with van der Waals surface area (Å²) in [4.78, 5) is 12.0. The molecule has 0 bridgehead atoms. The van der Waals surface area contributed by atoms with Crippen LogP contribution in [0.4, 0.5) is 0 Å². The molecule has 0 fully saturated rings. The number of para-hydroxylation sites is 2. The van der Waals surface area contributed by atoms with E-state index in [4.69, 9.17) is 5.26 Å². The van der Waals surface area contributed by atoms with Gasteiger partial charge in [-0.3, -0.25) is 9.13 Å². The van der Waals surface area contributed by atoms with Gasteiger partial charge in [-0.1, -0.05) is 19.1 Å². The van der Waals surface area contributed by atoms with Crippen LogP contribution >= 0.6 is 0 Å². The van der Waals surface area contributed by atoms with Crippen molar-refractivity contribution in [1.82, 2.24) is 9.13 Å². The van der Waals surface area contributed by atoms with Crippen LogP contribution in [0.2, 0.25) is 0 Å². The summed E-state index contributed by atoms with van der Waals surface area (Å²) in [5.41, 5.74) is 1.65. The molecule has 1 aromatic carbocycles. The normalized spacial score (nSPS) is 10.5. The number of aromatic nitrogens is 2. The minimum Gasteiger partial charge on any atom is -0.292 e. The van der Waals surface area contributed by atoms with Gasteiger partial charge in [-0.25, -0.2) is 4.79 Å². The van der Waals surface area contributed by atoms with E-state index < -0.39 is 0 Å². The predicted octanol–water partition coefficient (Wildman–Crippen LogP) is 1.74. The Morgan fingerprint density at radius 3 is 2.44 bits per heavy atom. The molecule has 0 radical (unpaired) electrons. The lowest BCUT2D eigenvalue weighted by Crippen LogP contribution is -2.24. The average molecular weight is 215 g/mol. The molecule has 0 N–H and O–H groups in total. The van der Waals surface area contributed by atoms with Crippen molar-refractivity contribution in [3.63, 3.8) is 0 Å². The maximum absolute atomic E-state index is 12.0. The van der Waals surface area contributed by atoms with E-state index in [2.05, 4.69) is 0 Å². The Morgan fingerprint density at radius 2 is 1.88 bits per heavy atom. The lowest BCUT2D eigenvalue weighted by Gasteiger charge is -1.98. The van der Waals surface area contributed by atoms with Crippen molar-refractivity contribution in [1.29, 1.82) is 5.26 Å². The van der Waals surface area contributed by atoms with Crippen LogP contribution in [0.1, 0.15) is 13.3 Å². The molecule has 0 aliphatic carbocycles. The number of nitriles is 1. The lowest BCUT2D eigenvalue weighted by molar-refractivity contribution is 0.643. The highest BCUT2D eigenvalue weighted by atomic mass is 16.1. The molecule has 82 valence electrons. The van der Waals surface area contributed by atoms with E-state index in [1.54, 1.807) is 4.57 Å². The predicted molar refractivity (Wildman–Crippen MR) is 62.1 cm³/mol. The SMILES string of the molecule is CCCn1c(=O)n(CC#N)c2ccccc21. The first-order valence-corrected chi connectivity index (χ1v) is 5.34. The number of nitrogens with zero attached hydrogens (tertiary/aromatic N) is 3. The van der Waals surface area contributed by atoms with Crippen LogP contribution in [0, 0.1) is 11.3 Å². The molecule has 4 nitrogen and oxygen atoms in total. The number of aryl methyl sites for hydroxylation is 1. The second-order valence-corrected chi connectivity index (χ2v) is 3.67. The molecule has 0 unspecified atom stereocenters. The van der Waals surface area contributed by atoms with Crippen LogP contribution < -0.4 is 5.69 Å². The largest absolute Gasteiger partial charge is 0.330 e. The van der Waals surface area contributed by atoms with Crippen LogP contribution in [0.15, 0.2) is 29.1 Å². The molecule has 16 heavy (non-hydrogen) atoms. The summed E-state index contributed by atoms with van der Waals surface area (Å²) < 4.78 is 3.25. The van der Waals surface area contributed by atoms with Gasteiger partial charge >= 0.3 is 5.69 Å². The summed E-state index contributed by atoms with van der Waals surface area (Å²) >= 11 is 0. The molecule has 0 aliphatic rings. The Balaban J connectivity index is 2.76. The third-order valence-corrected chi connectivity index (χ3v) is 2.60. The van der Waals surface area contributed by atoms with Gasteiger partial charge in [-0.05, 0) is 18.6 Å². The molecule has 0 saturated carbocycles. The van der Waals surface area contributed by atoms with Crippen molar-refractivity contribution in [3.05, 3.63) is 34.7 Å². The van der Waals surface area contributed by atoms with Gasteiger partial charge in [0.2, 0.25) is 0 Å². The van der Waals surface area contributed by atoms with Crippen molar-refractivity contribution >= 4 is 11.0 Å². The molecule has 4 heteroatoms. The zero-order valence-electron chi connectivity index (χ0n) is 9.18. The van der Waals surface area contributed by atoms with Gasteiger partial charge in [0.25, 0.3) is 0 Å². The Hall–Kier alpha value is -2.02. The van der Waals surface area contributed by atoms with Crippen LogP contribution in [0.5, 0.6) is 0 Å². The van der Waals surface area contributed by atoms with E-state index in [0.29, 0.717) is 6.54 Å². The van der Waals surface area contributed by atoms with Gasteiger partial charge in [0, 0.05) is 6.54 Å². The zero-order valence-corrected chi connectivity index (χ0v) is 9.18. The molecular formula is C12H13N3O. The summed E-state index contributed by atoms with van der Waals surface area (Å²) in [5, 5.41) is 8.72. The van der Waals surface area contributed by atoms with E-state index >= 15 is 0 Å². The van der Waals surface area contributed by atoms with Crippen molar-refractivity contribution in [3.8, 4) is 6.07 Å². The van der Waals surface area contributed by atoms with E-state index in [1.165, 1.54) is 4.57 Å². The number of rotatable bonds is 3. The fraction of sp³-hybridized carbons (Fsp3) is 0.333. The van der Waals surface area contributed by atoms with E-state index in [-0.39, 0.29) is 12.2 Å². The Bertz CT molecular complexity index is 601. The quantitative estimate of drug-likeness (QED) is 0.783. The molecule has 0 saturated heterocycles. The molecule has 2 aromatic rings. The molecule has 2 rings (SSSR count). The van der Waals surface area contributed by atoms with E-state index in [1.807, 2.05) is 37.3 Å². The standard InChI is InChI=1S/C12H13N3O/c1-2-8-14-10-5-3-4-6-11(10)15(9-7-13)12(14)16/h3-6H,2,8-9H2,1H3. The monoisotopic (exact) mass is 215 g/mol. The second kappa shape index (κ2) is 4.23. The van der Waals surface area contributed by atoms with Crippen LogP contribution in [-0.2, 0) is 13.1 Å². The molecular weight excluding hydrogens is 202 g/mol. The zero-order chi connectivity index (χ0) is 11.5. The Kier molecular flexibility index (Phi) is 2.78. The van der Waals surface area contributed by atoms with Crippen molar-refractivity contribution in [2.24, 2.45) is 0 Å². The highest BCUT2D eigenvalue weighted by Crippen LogP contribution is 2.12. The fourth-order valence-electron chi connectivity index (χ4n) is 1.94. The van der Waals surface area contributed by atoms with Crippen LogP contribution in [0.3, 0.4) is 0 Å². The van der Waals surface area contributed by atoms with Gasteiger partial charge in [-0.15, -0.1) is 0 Å². The number of imidazole rings is 1. The lowest BCUT2D eigenvalue weighted by atomic mass is 10.3. The number of fused-ring (bicyclic) bond motifs is 1. The minimum absolute atomic E-state index is 0.0930. The van der Waals surface area contributed by atoms with Crippen molar-refractivity contribution in [2.45, 2.75) is 26.4 Å². The molecule has 0 spiro atoms. The highest BCUT2D eigenvalue weighted by molar-refractivity contribution is 5.76. The van der Waals surface area contributed by atoms with Gasteiger partial charge in [0.1, 0.15) is 6.54 Å². The van der Waals surface area contributed by atoms with Crippen molar-refractivity contribution < 1.29 is 0 Å². The average Bonchev–Trinajstić information content (AvgIpc) is 2.56. The maximum Gasteiger partial charge on any atom is 0.330 e. The fourth-order valence-corrected chi connectivity index (χ4v) is 1.94. The molecule has 1 aromatic heterocycles. The third-order valence-electron chi connectivity index (χ3n) is 2.60. The molecule has 1 heterocycles. The highest BCUT2D eigenvalue weighted by Gasteiger charge is 2.10.